The molecule has 0 aliphatic carbocycles. The summed E-state index contributed by atoms with van der Waals surface area (Å²) >= 11 is 0. The van der Waals surface area contributed by atoms with Crippen molar-refractivity contribution in [1.82, 2.24) is 24.4 Å². The highest BCUT2D eigenvalue weighted by molar-refractivity contribution is 5.79. The molecule has 0 bridgehead atoms. The standard InChI is InChI=1S/C17H12N6O/c24-17-15-11-21-23(14-4-2-1-3-5-14)16(15)19-12-22(17)20-10-13-6-8-18-9-7-13/h1-12H. The fourth-order valence-electron chi connectivity index (χ4n) is 2.32. The molecule has 0 spiro atoms. The van der Waals surface area contributed by atoms with Gasteiger partial charge < -0.3 is 0 Å². The maximum atomic E-state index is 12.5. The number of para-hydroxylation sites is 1. The third-order valence-corrected chi connectivity index (χ3v) is 3.51. The molecule has 0 unspecified atom stereocenters. The molecule has 1 aromatic carbocycles. The molecular weight excluding hydrogens is 304 g/mol. The van der Waals surface area contributed by atoms with Gasteiger partial charge in [0, 0.05) is 12.4 Å². The van der Waals surface area contributed by atoms with Gasteiger partial charge in [0.05, 0.1) is 18.1 Å². The Hall–Kier alpha value is -3.61. The third-order valence-electron chi connectivity index (χ3n) is 3.51. The Bertz CT molecular complexity index is 1070. The average Bonchev–Trinajstić information content (AvgIpc) is 3.08. The molecule has 4 rings (SSSR count). The van der Waals surface area contributed by atoms with E-state index in [-0.39, 0.29) is 5.56 Å². The molecular formula is C17H12N6O. The number of hydrogen-bond donors (Lipinski definition) is 0. The van der Waals surface area contributed by atoms with Crippen LogP contribution in [0.15, 0.2) is 77.3 Å². The summed E-state index contributed by atoms with van der Waals surface area (Å²) in [5, 5.41) is 8.84. The summed E-state index contributed by atoms with van der Waals surface area (Å²) < 4.78 is 2.83. The molecule has 3 heterocycles. The normalized spacial score (nSPS) is 11.3. The van der Waals surface area contributed by atoms with Crippen LogP contribution in [0.2, 0.25) is 0 Å². The van der Waals surface area contributed by atoms with Crippen LogP contribution in [-0.2, 0) is 0 Å². The lowest BCUT2D eigenvalue weighted by atomic mass is 10.3. The van der Waals surface area contributed by atoms with Gasteiger partial charge in [0.1, 0.15) is 11.7 Å². The predicted octanol–water partition coefficient (Wildman–Crippen LogP) is 1.86. The van der Waals surface area contributed by atoms with Gasteiger partial charge in [-0.15, -0.1) is 0 Å². The average molecular weight is 316 g/mol. The monoisotopic (exact) mass is 316 g/mol. The van der Waals surface area contributed by atoms with Gasteiger partial charge in [0.25, 0.3) is 5.56 Å². The smallest absolute Gasteiger partial charge is 0.266 e. The van der Waals surface area contributed by atoms with Gasteiger partial charge in [0.15, 0.2) is 5.65 Å². The summed E-state index contributed by atoms with van der Waals surface area (Å²) in [6.07, 6.45) is 7.81. The quantitative estimate of drug-likeness (QED) is 0.540. The van der Waals surface area contributed by atoms with Crippen LogP contribution in [0.25, 0.3) is 16.7 Å². The first-order chi connectivity index (χ1) is 11.8. The third kappa shape index (κ3) is 2.48. The van der Waals surface area contributed by atoms with Crippen LogP contribution >= 0.6 is 0 Å². The zero-order valence-electron chi connectivity index (χ0n) is 12.5. The van der Waals surface area contributed by atoms with Crippen LogP contribution in [-0.4, -0.2) is 30.6 Å². The Morgan fingerprint density at radius 3 is 2.62 bits per heavy atom. The van der Waals surface area contributed by atoms with Gasteiger partial charge in [0.2, 0.25) is 0 Å². The van der Waals surface area contributed by atoms with Crippen LogP contribution in [0.3, 0.4) is 0 Å². The highest BCUT2D eigenvalue weighted by Gasteiger charge is 2.10. The van der Waals surface area contributed by atoms with Crippen LogP contribution in [0.1, 0.15) is 5.56 Å². The Morgan fingerprint density at radius 1 is 1.04 bits per heavy atom. The maximum absolute atomic E-state index is 12.5. The Morgan fingerprint density at radius 2 is 1.83 bits per heavy atom. The molecule has 116 valence electrons. The van der Waals surface area contributed by atoms with E-state index in [1.807, 2.05) is 30.3 Å². The van der Waals surface area contributed by atoms with Crippen molar-refractivity contribution in [1.29, 1.82) is 0 Å². The van der Waals surface area contributed by atoms with Crippen LogP contribution in [0.4, 0.5) is 0 Å². The Kier molecular flexibility index (Phi) is 3.43. The molecule has 0 amide bonds. The van der Waals surface area contributed by atoms with Gasteiger partial charge in [-0.3, -0.25) is 9.78 Å². The lowest BCUT2D eigenvalue weighted by molar-refractivity contribution is 0.809. The first kappa shape index (κ1) is 14.0. The fraction of sp³-hybridized carbons (Fsp3) is 0. The van der Waals surface area contributed by atoms with Crippen molar-refractivity contribution >= 4 is 17.2 Å². The lowest BCUT2D eigenvalue weighted by Crippen LogP contribution is -2.17. The topological polar surface area (TPSA) is 78.0 Å². The molecule has 0 N–H and O–H groups in total. The van der Waals surface area contributed by atoms with Crippen molar-refractivity contribution in [2.75, 3.05) is 0 Å². The van der Waals surface area contributed by atoms with E-state index >= 15 is 0 Å². The second kappa shape index (κ2) is 5.88. The summed E-state index contributed by atoms with van der Waals surface area (Å²) in [6, 6.07) is 13.1. The molecule has 4 aromatic rings. The molecule has 0 atom stereocenters. The Labute approximate surface area is 136 Å². The second-order valence-corrected chi connectivity index (χ2v) is 5.05. The van der Waals surface area contributed by atoms with E-state index in [4.69, 9.17) is 0 Å². The molecule has 0 aliphatic heterocycles. The maximum Gasteiger partial charge on any atom is 0.285 e. The fourth-order valence-corrected chi connectivity index (χ4v) is 2.32. The molecule has 24 heavy (non-hydrogen) atoms. The molecule has 7 nitrogen and oxygen atoms in total. The molecule has 0 aliphatic rings. The van der Waals surface area contributed by atoms with E-state index in [9.17, 15) is 4.79 Å². The predicted molar refractivity (Wildman–Crippen MR) is 90.4 cm³/mol. The summed E-state index contributed by atoms with van der Waals surface area (Å²) in [4.78, 5) is 20.8. The number of rotatable bonds is 3. The van der Waals surface area contributed by atoms with Gasteiger partial charge in [-0.2, -0.15) is 14.9 Å². The number of pyridine rings is 1. The Balaban J connectivity index is 1.77. The van der Waals surface area contributed by atoms with E-state index in [1.165, 1.54) is 17.2 Å². The van der Waals surface area contributed by atoms with Gasteiger partial charge in [-0.1, -0.05) is 18.2 Å². The van der Waals surface area contributed by atoms with Crippen LogP contribution in [0, 0.1) is 0 Å². The summed E-state index contributed by atoms with van der Waals surface area (Å²) in [5.41, 5.74) is 1.92. The molecule has 0 fully saturated rings. The van der Waals surface area contributed by atoms with Crippen molar-refractivity contribution in [3.05, 3.63) is 83.3 Å². The zero-order chi connectivity index (χ0) is 16.4. The number of aromatic nitrogens is 5. The van der Waals surface area contributed by atoms with Gasteiger partial charge in [-0.05, 0) is 29.8 Å². The minimum Gasteiger partial charge on any atom is -0.266 e. The van der Waals surface area contributed by atoms with Crippen molar-refractivity contribution < 1.29 is 0 Å². The van der Waals surface area contributed by atoms with Crippen molar-refractivity contribution in [2.45, 2.75) is 0 Å². The van der Waals surface area contributed by atoms with Gasteiger partial charge in [-0.25, -0.2) is 9.67 Å². The number of nitrogens with zero attached hydrogens (tertiary/aromatic N) is 6. The van der Waals surface area contributed by atoms with Crippen molar-refractivity contribution in [2.24, 2.45) is 5.10 Å². The molecule has 3 aromatic heterocycles. The molecule has 7 heteroatoms. The summed E-state index contributed by atoms with van der Waals surface area (Å²) in [6.45, 7) is 0. The molecule has 0 radical (unpaired) electrons. The molecule has 0 saturated carbocycles. The summed E-state index contributed by atoms with van der Waals surface area (Å²) in [5.74, 6) is 0. The number of hydrogen-bond acceptors (Lipinski definition) is 5. The van der Waals surface area contributed by atoms with E-state index in [0.717, 1.165) is 11.3 Å². The van der Waals surface area contributed by atoms with E-state index in [1.54, 1.807) is 35.4 Å². The van der Waals surface area contributed by atoms with E-state index in [2.05, 4.69) is 20.2 Å². The first-order valence-corrected chi connectivity index (χ1v) is 7.28. The van der Waals surface area contributed by atoms with Crippen molar-refractivity contribution in [3.63, 3.8) is 0 Å². The van der Waals surface area contributed by atoms with E-state index in [0.29, 0.717) is 11.0 Å². The van der Waals surface area contributed by atoms with Gasteiger partial charge >= 0.3 is 0 Å². The number of fused-ring (bicyclic) bond motifs is 1. The SMILES string of the molecule is O=c1c2cnn(-c3ccccc3)c2ncn1N=Cc1ccncc1. The first-order valence-electron chi connectivity index (χ1n) is 7.28. The highest BCUT2D eigenvalue weighted by atomic mass is 16.1. The minimum atomic E-state index is -0.271. The van der Waals surface area contributed by atoms with Crippen LogP contribution in [0.5, 0.6) is 0 Å². The zero-order valence-corrected chi connectivity index (χ0v) is 12.5. The van der Waals surface area contributed by atoms with E-state index < -0.39 is 0 Å². The lowest BCUT2D eigenvalue weighted by Gasteiger charge is -2.02. The largest absolute Gasteiger partial charge is 0.285 e. The highest BCUT2D eigenvalue weighted by Crippen LogP contribution is 2.12. The minimum absolute atomic E-state index is 0.271. The molecule has 0 saturated heterocycles. The van der Waals surface area contributed by atoms with Crippen LogP contribution < -0.4 is 5.56 Å². The number of benzene rings is 1. The van der Waals surface area contributed by atoms with Crippen molar-refractivity contribution in [3.8, 4) is 5.69 Å². The summed E-state index contributed by atoms with van der Waals surface area (Å²) in [7, 11) is 0. The second-order valence-electron chi connectivity index (χ2n) is 5.05.